The van der Waals surface area contributed by atoms with Gasteiger partial charge >= 0.3 is 0 Å². The summed E-state index contributed by atoms with van der Waals surface area (Å²) in [6, 6.07) is -0.721. The van der Waals surface area contributed by atoms with E-state index >= 15 is 0 Å². The van der Waals surface area contributed by atoms with Crippen LogP contribution in [0.3, 0.4) is 0 Å². The molecule has 0 aromatic rings. The van der Waals surface area contributed by atoms with Crippen LogP contribution in [0, 0.1) is 16.0 Å². The molecular weight excluding hydrogens is 196 g/mol. The predicted molar refractivity (Wildman–Crippen MR) is 55.5 cm³/mol. The summed E-state index contributed by atoms with van der Waals surface area (Å²) in [4.78, 5) is 22.6. The zero-order valence-corrected chi connectivity index (χ0v) is 8.71. The van der Waals surface area contributed by atoms with E-state index in [1.807, 2.05) is 20.4 Å². The van der Waals surface area contributed by atoms with Gasteiger partial charge in [0, 0.05) is 25.4 Å². The Kier molecular flexibility index (Phi) is 3.60. The molecule has 0 spiro atoms. The van der Waals surface area contributed by atoms with Crippen LogP contribution in [0.15, 0.2) is 23.9 Å². The summed E-state index contributed by atoms with van der Waals surface area (Å²) in [6.07, 6.45) is 6.89. The van der Waals surface area contributed by atoms with Gasteiger partial charge in [0.15, 0.2) is 0 Å². The van der Waals surface area contributed by atoms with Crippen molar-refractivity contribution < 1.29 is 9.72 Å². The van der Waals surface area contributed by atoms with E-state index in [0.717, 1.165) is 5.57 Å². The molecule has 0 N–H and O–H groups in total. The molecule has 0 aliphatic heterocycles. The monoisotopic (exact) mass is 209 g/mol. The summed E-state index contributed by atoms with van der Waals surface area (Å²) in [5.41, 5.74) is 0.735. The number of hydrogen-bond acceptors (Lipinski definition) is 4. The van der Waals surface area contributed by atoms with Crippen LogP contribution in [0.1, 0.15) is 6.42 Å². The van der Waals surface area contributed by atoms with Crippen LogP contribution in [-0.2, 0) is 4.79 Å². The maximum Gasteiger partial charge on any atom is 0.235 e. The van der Waals surface area contributed by atoms with Crippen LogP contribution in [0.25, 0.3) is 0 Å². The van der Waals surface area contributed by atoms with E-state index in [0.29, 0.717) is 0 Å². The van der Waals surface area contributed by atoms with Crippen molar-refractivity contribution in [3.05, 3.63) is 34.0 Å². The summed E-state index contributed by atoms with van der Waals surface area (Å²) in [7, 11) is 3.63. The molecule has 0 heterocycles. The molecule has 0 fully saturated rings. The Labute approximate surface area is 88.2 Å². The van der Waals surface area contributed by atoms with Crippen molar-refractivity contribution in [2.75, 3.05) is 14.1 Å². The normalized spacial score (nSPS) is 27.7. The highest BCUT2D eigenvalue weighted by Gasteiger charge is 2.27. The second kappa shape index (κ2) is 4.72. The lowest BCUT2D eigenvalue weighted by Gasteiger charge is -2.19. The van der Waals surface area contributed by atoms with Gasteiger partial charge in [-0.3, -0.25) is 14.9 Å². The van der Waals surface area contributed by atoms with Gasteiger partial charge in [-0.25, -0.2) is 0 Å². The minimum absolute atomic E-state index is 0.279. The molecule has 1 aliphatic carbocycles. The standard InChI is InChI=1S/C10H13N2O3/c1-11(2)6-9-5-10(12(14)15)4-3-8(9)7-13/h3-4,6,8,10H,5H2,1-2H3. The van der Waals surface area contributed by atoms with Crippen molar-refractivity contribution in [2.45, 2.75) is 12.5 Å². The predicted octanol–water partition coefficient (Wildman–Crippen LogP) is 0.763. The van der Waals surface area contributed by atoms with E-state index in [-0.39, 0.29) is 11.3 Å². The molecule has 1 radical (unpaired) electrons. The molecule has 0 saturated heterocycles. The third kappa shape index (κ3) is 2.90. The summed E-state index contributed by atoms with van der Waals surface area (Å²) in [5, 5.41) is 10.6. The Morgan fingerprint density at radius 1 is 1.60 bits per heavy atom. The van der Waals surface area contributed by atoms with Crippen LogP contribution < -0.4 is 0 Å². The Morgan fingerprint density at radius 2 is 2.27 bits per heavy atom. The molecule has 1 aliphatic rings. The first kappa shape index (κ1) is 11.4. The molecule has 5 nitrogen and oxygen atoms in total. The van der Waals surface area contributed by atoms with Gasteiger partial charge in [-0.2, -0.15) is 0 Å². The average Bonchev–Trinajstić information content (AvgIpc) is 2.16. The molecule has 2 unspecified atom stereocenters. The van der Waals surface area contributed by atoms with Crippen molar-refractivity contribution in [1.29, 1.82) is 0 Å². The summed E-state index contributed by atoms with van der Waals surface area (Å²) in [5.74, 6) is -0.441. The highest BCUT2D eigenvalue weighted by molar-refractivity contribution is 5.63. The molecule has 15 heavy (non-hydrogen) atoms. The summed E-state index contributed by atoms with van der Waals surface area (Å²) >= 11 is 0. The average molecular weight is 209 g/mol. The first-order valence-electron chi connectivity index (χ1n) is 4.61. The molecule has 0 saturated carbocycles. The van der Waals surface area contributed by atoms with E-state index < -0.39 is 12.0 Å². The maximum absolute atomic E-state index is 10.6. The molecule has 0 amide bonds. The number of hydrogen-bond donors (Lipinski definition) is 0. The zero-order chi connectivity index (χ0) is 11.4. The van der Waals surface area contributed by atoms with Crippen molar-refractivity contribution in [2.24, 2.45) is 5.92 Å². The van der Waals surface area contributed by atoms with Gasteiger partial charge in [0.1, 0.15) is 0 Å². The molecule has 0 bridgehead atoms. The fourth-order valence-corrected chi connectivity index (χ4v) is 1.52. The first-order valence-corrected chi connectivity index (χ1v) is 4.61. The van der Waals surface area contributed by atoms with Gasteiger partial charge in [0.2, 0.25) is 12.3 Å². The summed E-state index contributed by atoms with van der Waals surface area (Å²) in [6.45, 7) is 0. The smallest absolute Gasteiger partial charge is 0.235 e. The van der Waals surface area contributed by atoms with Gasteiger partial charge in [0.25, 0.3) is 0 Å². The van der Waals surface area contributed by atoms with E-state index in [2.05, 4.69) is 0 Å². The molecule has 5 heteroatoms. The van der Waals surface area contributed by atoms with Gasteiger partial charge in [0.05, 0.1) is 5.92 Å². The van der Waals surface area contributed by atoms with Gasteiger partial charge in [-0.05, 0) is 17.8 Å². The number of nitrogens with zero attached hydrogens (tertiary/aromatic N) is 2. The fraction of sp³-hybridized carbons (Fsp3) is 0.500. The molecule has 0 aromatic heterocycles. The summed E-state index contributed by atoms with van der Waals surface area (Å²) < 4.78 is 0. The highest BCUT2D eigenvalue weighted by atomic mass is 16.6. The van der Waals surface area contributed by atoms with Crippen LogP contribution in [0.2, 0.25) is 0 Å². The maximum atomic E-state index is 10.6. The molecular formula is C10H13N2O3. The van der Waals surface area contributed by atoms with Crippen molar-refractivity contribution in [3.63, 3.8) is 0 Å². The minimum atomic E-state index is -0.721. The number of nitro groups is 1. The quantitative estimate of drug-likeness (QED) is 0.391. The van der Waals surface area contributed by atoms with Gasteiger partial charge in [-0.15, -0.1) is 0 Å². The number of allylic oxidation sites excluding steroid dienone is 1. The van der Waals surface area contributed by atoms with Crippen molar-refractivity contribution in [1.82, 2.24) is 4.90 Å². The Morgan fingerprint density at radius 3 is 2.73 bits per heavy atom. The lowest BCUT2D eigenvalue weighted by atomic mass is 9.89. The third-order valence-electron chi connectivity index (χ3n) is 2.19. The van der Waals surface area contributed by atoms with Crippen molar-refractivity contribution in [3.8, 4) is 0 Å². The molecule has 2 atom stereocenters. The van der Waals surface area contributed by atoms with Gasteiger partial charge < -0.3 is 4.90 Å². The van der Waals surface area contributed by atoms with E-state index in [4.69, 9.17) is 0 Å². The fourth-order valence-electron chi connectivity index (χ4n) is 1.52. The Balaban J connectivity index is 2.90. The number of rotatable bonds is 3. The van der Waals surface area contributed by atoms with Crippen LogP contribution in [0.5, 0.6) is 0 Å². The topological polar surface area (TPSA) is 63.4 Å². The lowest BCUT2D eigenvalue weighted by molar-refractivity contribution is -0.509. The second-order valence-corrected chi connectivity index (χ2v) is 3.70. The van der Waals surface area contributed by atoms with Crippen LogP contribution >= 0.6 is 0 Å². The molecule has 1 rings (SSSR count). The minimum Gasteiger partial charge on any atom is -0.383 e. The first-order chi connectivity index (χ1) is 7.04. The van der Waals surface area contributed by atoms with Crippen LogP contribution in [0.4, 0.5) is 0 Å². The molecule has 81 valence electrons. The van der Waals surface area contributed by atoms with E-state index in [1.165, 1.54) is 6.08 Å². The van der Waals surface area contributed by atoms with Crippen molar-refractivity contribution >= 4 is 6.29 Å². The number of carbonyl (C=O) groups excluding carboxylic acids is 1. The Bertz CT molecular complexity index is 321. The van der Waals surface area contributed by atoms with E-state index in [9.17, 15) is 14.9 Å². The lowest BCUT2D eigenvalue weighted by Crippen LogP contribution is -2.25. The van der Waals surface area contributed by atoms with Gasteiger partial charge in [-0.1, -0.05) is 6.08 Å². The largest absolute Gasteiger partial charge is 0.383 e. The SMILES string of the molecule is CN(C)C=C1CC([N+](=O)[O-])C=CC1[C]=O. The van der Waals surface area contributed by atoms with E-state index in [1.54, 1.807) is 17.2 Å². The Hall–Kier alpha value is -1.65. The zero-order valence-electron chi connectivity index (χ0n) is 8.71. The second-order valence-electron chi connectivity index (χ2n) is 3.70. The molecule has 0 aromatic carbocycles. The van der Waals surface area contributed by atoms with Crippen LogP contribution in [-0.4, -0.2) is 36.2 Å². The third-order valence-corrected chi connectivity index (χ3v) is 2.19. The highest BCUT2D eigenvalue weighted by Crippen LogP contribution is 2.24.